The van der Waals surface area contributed by atoms with Gasteiger partial charge >= 0.3 is 5.97 Å². The van der Waals surface area contributed by atoms with Crippen LogP contribution in [0.15, 0.2) is 18.2 Å². The number of hydrogen-bond donors (Lipinski definition) is 4. The van der Waals surface area contributed by atoms with Crippen LogP contribution in [0, 0.1) is 11.3 Å². The number of carbonyl (C=O) groups is 4. The van der Waals surface area contributed by atoms with Crippen molar-refractivity contribution in [2.24, 2.45) is 11.3 Å². The van der Waals surface area contributed by atoms with Crippen LogP contribution >= 0.6 is 11.6 Å². The fourth-order valence-electron chi connectivity index (χ4n) is 4.51. The lowest BCUT2D eigenvalue weighted by atomic mass is 9.87. The molecule has 1 fully saturated rings. The zero-order valence-electron chi connectivity index (χ0n) is 21.8. The van der Waals surface area contributed by atoms with Gasteiger partial charge in [-0.15, -0.1) is 0 Å². The zero-order valence-corrected chi connectivity index (χ0v) is 22.6. The highest BCUT2D eigenvalue weighted by Crippen LogP contribution is 2.33. The molecule has 0 bridgehead atoms. The number of aromatic nitrogens is 1. The Labute approximate surface area is 221 Å². The van der Waals surface area contributed by atoms with Gasteiger partial charge in [-0.2, -0.15) is 0 Å². The maximum atomic E-state index is 13.4. The van der Waals surface area contributed by atoms with Gasteiger partial charge < -0.3 is 30.4 Å². The van der Waals surface area contributed by atoms with Crippen molar-refractivity contribution >= 4 is 46.2 Å². The molecule has 1 aliphatic rings. The van der Waals surface area contributed by atoms with Gasteiger partial charge in [-0.1, -0.05) is 32.4 Å². The van der Waals surface area contributed by atoms with Crippen molar-refractivity contribution in [1.29, 1.82) is 0 Å². The molecule has 11 heteroatoms. The van der Waals surface area contributed by atoms with Gasteiger partial charge in [-0.3, -0.25) is 14.4 Å². The summed E-state index contributed by atoms with van der Waals surface area (Å²) in [5.74, 6) is -1.81. The average Bonchev–Trinajstić information content (AvgIpc) is 3.27. The number of hydrogen-bond acceptors (Lipinski definition) is 6. The van der Waals surface area contributed by atoms with Crippen molar-refractivity contribution < 1.29 is 28.7 Å². The van der Waals surface area contributed by atoms with Crippen molar-refractivity contribution in [2.75, 3.05) is 20.8 Å². The van der Waals surface area contributed by atoms with E-state index < -0.39 is 35.8 Å². The molecule has 3 atom stereocenters. The highest BCUT2D eigenvalue weighted by Gasteiger charge is 2.34. The van der Waals surface area contributed by atoms with Crippen LogP contribution in [0.5, 0.6) is 5.75 Å². The zero-order chi connectivity index (χ0) is 27.3. The van der Waals surface area contributed by atoms with E-state index in [1.807, 2.05) is 20.8 Å². The molecule has 202 valence electrons. The number of ether oxygens (including phenoxy) is 2. The second-order valence-electron chi connectivity index (χ2n) is 10.5. The van der Waals surface area contributed by atoms with Crippen LogP contribution in [0.3, 0.4) is 0 Å². The van der Waals surface area contributed by atoms with Gasteiger partial charge in [0.25, 0.3) is 5.91 Å². The van der Waals surface area contributed by atoms with Crippen molar-refractivity contribution in [3.05, 3.63) is 28.9 Å². The first kappa shape index (κ1) is 28.3. The molecule has 0 spiro atoms. The summed E-state index contributed by atoms with van der Waals surface area (Å²) in [6, 6.07) is 3.04. The van der Waals surface area contributed by atoms with Crippen LogP contribution in [0.4, 0.5) is 0 Å². The first-order valence-electron chi connectivity index (χ1n) is 12.3. The summed E-state index contributed by atoms with van der Waals surface area (Å²) in [4.78, 5) is 54.3. The molecule has 3 rings (SSSR count). The van der Waals surface area contributed by atoms with E-state index in [0.717, 1.165) is 6.42 Å². The Balaban J connectivity index is 1.81. The van der Waals surface area contributed by atoms with E-state index in [2.05, 4.69) is 20.9 Å². The highest BCUT2D eigenvalue weighted by molar-refractivity contribution is 6.33. The smallest absolute Gasteiger partial charge is 0.328 e. The largest absolute Gasteiger partial charge is 0.494 e. The first-order chi connectivity index (χ1) is 17.4. The molecular weight excluding hydrogens is 500 g/mol. The van der Waals surface area contributed by atoms with Crippen LogP contribution in [0.1, 0.15) is 56.9 Å². The molecule has 2 unspecified atom stereocenters. The van der Waals surface area contributed by atoms with Gasteiger partial charge in [-0.05, 0) is 49.3 Å². The standard InChI is InChI=1S/C26H35ClN4O6/c1-26(2,3)13-20(24(34)30-19(25(35)37-5)11-14-7-6-10-28-22(14)32)31-23(33)18-12-15-17(29-18)9-8-16(27)21(15)36-4/h8-9,12,14,19-20,29H,6-7,10-11,13H2,1-5H3,(H,28,32)(H,30,34)(H,31,33)/t14-,19?,20?/m0/s1. The number of amides is 3. The van der Waals surface area contributed by atoms with Gasteiger partial charge in [0.05, 0.1) is 19.2 Å². The van der Waals surface area contributed by atoms with Crippen molar-refractivity contribution in [2.45, 2.75) is 58.5 Å². The molecule has 3 amide bonds. The number of halogens is 1. The molecule has 10 nitrogen and oxygen atoms in total. The van der Waals surface area contributed by atoms with Crippen molar-refractivity contribution in [1.82, 2.24) is 20.9 Å². The molecule has 0 radical (unpaired) electrons. The van der Waals surface area contributed by atoms with E-state index in [4.69, 9.17) is 21.1 Å². The normalized spacial score (nSPS) is 17.5. The highest BCUT2D eigenvalue weighted by atomic mass is 35.5. The van der Waals surface area contributed by atoms with E-state index in [1.54, 1.807) is 18.2 Å². The molecule has 37 heavy (non-hydrogen) atoms. The number of piperidine rings is 1. The first-order valence-corrected chi connectivity index (χ1v) is 12.6. The maximum absolute atomic E-state index is 13.4. The van der Waals surface area contributed by atoms with Crippen LogP contribution in [-0.4, -0.2) is 61.5 Å². The summed E-state index contributed by atoms with van der Waals surface area (Å²) in [7, 11) is 2.72. The lowest BCUT2D eigenvalue weighted by Gasteiger charge is -2.29. The van der Waals surface area contributed by atoms with E-state index in [1.165, 1.54) is 14.2 Å². The maximum Gasteiger partial charge on any atom is 0.328 e. The Morgan fingerprint density at radius 3 is 2.51 bits per heavy atom. The fourth-order valence-corrected chi connectivity index (χ4v) is 4.75. The molecule has 0 aliphatic carbocycles. The van der Waals surface area contributed by atoms with Crippen LogP contribution in [0.2, 0.25) is 5.02 Å². The van der Waals surface area contributed by atoms with Gasteiger partial charge in [0, 0.05) is 23.4 Å². The van der Waals surface area contributed by atoms with Gasteiger partial charge in [-0.25, -0.2) is 4.79 Å². The summed E-state index contributed by atoms with van der Waals surface area (Å²) < 4.78 is 10.2. The summed E-state index contributed by atoms with van der Waals surface area (Å²) in [6.07, 6.45) is 1.83. The third kappa shape index (κ3) is 7.15. The van der Waals surface area contributed by atoms with E-state index in [-0.39, 0.29) is 23.4 Å². The molecule has 4 N–H and O–H groups in total. The number of methoxy groups -OCH3 is 2. The fraction of sp³-hybridized carbons (Fsp3) is 0.538. The number of rotatable bonds is 9. The SMILES string of the molecule is COC(=O)C(C[C@@H]1CCCNC1=O)NC(=O)C(CC(C)(C)C)NC(=O)c1cc2c(OC)c(Cl)ccc2[nH]1. The Morgan fingerprint density at radius 2 is 1.89 bits per heavy atom. The number of esters is 1. The minimum absolute atomic E-state index is 0.114. The van der Waals surface area contributed by atoms with Gasteiger partial charge in [0.15, 0.2) is 0 Å². The third-order valence-electron chi connectivity index (χ3n) is 6.31. The van der Waals surface area contributed by atoms with Crippen LogP contribution < -0.4 is 20.7 Å². The van der Waals surface area contributed by atoms with Gasteiger partial charge in [0.2, 0.25) is 11.8 Å². The summed E-state index contributed by atoms with van der Waals surface area (Å²) >= 11 is 6.20. The van der Waals surface area contributed by atoms with Crippen molar-refractivity contribution in [3.8, 4) is 5.75 Å². The Bertz CT molecular complexity index is 1170. The lowest BCUT2D eigenvalue weighted by Crippen LogP contribution is -2.54. The molecule has 1 aliphatic heterocycles. The molecule has 2 aromatic rings. The van der Waals surface area contributed by atoms with Gasteiger partial charge in [0.1, 0.15) is 23.5 Å². The molecule has 2 heterocycles. The van der Waals surface area contributed by atoms with Crippen LogP contribution in [0.25, 0.3) is 10.9 Å². The van der Waals surface area contributed by atoms with E-state index >= 15 is 0 Å². The Morgan fingerprint density at radius 1 is 1.16 bits per heavy atom. The summed E-state index contributed by atoms with van der Waals surface area (Å²) in [5.41, 5.74) is 0.557. The molecular formula is C26H35ClN4O6. The molecule has 0 saturated carbocycles. The predicted molar refractivity (Wildman–Crippen MR) is 139 cm³/mol. The van der Waals surface area contributed by atoms with E-state index in [9.17, 15) is 19.2 Å². The number of aromatic amines is 1. The van der Waals surface area contributed by atoms with Crippen LogP contribution in [-0.2, 0) is 19.1 Å². The number of nitrogens with one attached hydrogen (secondary N) is 4. The minimum Gasteiger partial charge on any atom is -0.494 e. The van der Waals surface area contributed by atoms with Crippen molar-refractivity contribution in [3.63, 3.8) is 0 Å². The Hall–Kier alpha value is -3.27. The molecule has 1 saturated heterocycles. The second kappa shape index (κ2) is 11.9. The minimum atomic E-state index is -1.02. The topological polar surface area (TPSA) is 139 Å². The summed E-state index contributed by atoms with van der Waals surface area (Å²) in [5, 5.41) is 9.33. The lowest BCUT2D eigenvalue weighted by molar-refractivity contribution is -0.146. The third-order valence-corrected chi connectivity index (χ3v) is 6.61. The monoisotopic (exact) mass is 534 g/mol. The average molecular weight is 535 g/mol. The number of benzene rings is 1. The number of carbonyl (C=O) groups excluding carboxylic acids is 4. The molecule has 1 aromatic heterocycles. The predicted octanol–water partition coefficient (Wildman–Crippen LogP) is 2.94. The summed E-state index contributed by atoms with van der Waals surface area (Å²) in [6.45, 7) is 6.42. The molecule has 1 aromatic carbocycles. The second-order valence-corrected chi connectivity index (χ2v) is 10.9. The number of fused-ring (bicyclic) bond motifs is 1. The quantitative estimate of drug-likeness (QED) is 0.365. The Kier molecular flexibility index (Phi) is 9.07. The van der Waals surface area contributed by atoms with E-state index in [0.29, 0.717) is 41.1 Å². The number of H-pyrrole nitrogens is 1.